The Balaban J connectivity index is 2.51. The molecule has 2 N–H and O–H groups in total. The maximum Gasteiger partial charge on any atom is 0.123 e. The molecule has 18 heavy (non-hydrogen) atoms. The molecule has 100 valence electrons. The van der Waals surface area contributed by atoms with Crippen molar-refractivity contribution in [3.8, 4) is 5.75 Å². The van der Waals surface area contributed by atoms with Gasteiger partial charge in [-0.2, -0.15) is 0 Å². The van der Waals surface area contributed by atoms with E-state index < -0.39 is 0 Å². The highest BCUT2D eigenvalue weighted by atomic mass is 79.9. The van der Waals surface area contributed by atoms with Gasteiger partial charge in [-0.25, -0.2) is 0 Å². The van der Waals surface area contributed by atoms with Crippen LogP contribution in [0, 0.1) is 0 Å². The van der Waals surface area contributed by atoms with Crippen molar-refractivity contribution in [2.45, 2.75) is 44.4 Å². The quantitative estimate of drug-likeness (QED) is 0.913. The van der Waals surface area contributed by atoms with E-state index in [1.807, 2.05) is 0 Å². The van der Waals surface area contributed by atoms with Crippen LogP contribution in [0.15, 0.2) is 16.6 Å². The van der Waals surface area contributed by atoms with Crippen LogP contribution in [0.1, 0.15) is 50.2 Å². The number of halogens is 1. The lowest BCUT2D eigenvalue weighted by Gasteiger charge is -2.42. The number of benzene rings is 1. The van der Waals surface area contributed by atoms with E-state index in [0.717, 1.165) is 5.75 Å². The molecule has 1 aliphatic carbocycles. The van der Waals surface area contributed by atoms with Crippen LogP contribution in [0.4, 0.5) is 0 Å². The molecule has 0 unspecified atom stereocenters. The van der Waals surface area contributed by atoms with Gasteiger partial charge >= 0.3 is 0 Å². The summed E-state index contributed by atoms with van der Waals surface area (Å²) in [7, 11) is 1.75. The summed E-state index contributed by atoms with van der Waals surface area (Å²) in [6, 6.07) is 4.39. The first-order valence-electron chi connectivity index (χ1n) is 6.62. The minimum atomic E-state index is 0.142. The largest absolute Gasteiger partial charge is 0.496 e. The molecule has 0 bridgehead atoms. The molecule has 1 saturated carbocycles. The van der Waals surface area contributed by atoms with Crippen LogP contribution in [-0.4, -0.2) is 13.7 Å². The second kappa shape index (κ2) is 5.22. The van der Waals surface area contributed by atoms with E-state index in [1.54, 1.807) is 7.11 Å². The van der Waals surface area contributed by atoms with E-state index in [-0.39, 0.29) is 5.41 Å². The third-order valence-corrected chi connectivity index (χ3v) is 4.90. The second-order valence-corrected chi connectivity index (χ2v) is 6.42. The van der Waals surface area contributed by atoms with Crippen LogP contribution in [0.25, 0.3) is 0 Å². The Hall–Kier alpha value is -0.540. The van der Waals surface area contributed by atoms with E-state index in [2.05, 4.69) is 41.9 Å². The molecule has 0 heterocycles. The van der Waals surface area contributed by atoms with Crippen LogP contribution in [0.2, 0.25) is 0 Å². The minimum Gasteiger partial charge on any atom is -0.496 e. The van der Waals surface area contributed by atoms with Crippen LogP contribution in [0.5, 0.6) is 5.75 Å². The molecular weight excluding hydrogens is 290 g/mol. The first-order valence-corrected chi connectivity index (χ1v) is 7.41. The summed E-state index contributed by atoms with van der Waals surface area (Å²) in [6.07, 6.45) is 3.62. The third-order valence-electron chi connectivity index (χ3n) is 4.21. The number of hydrogen-bond donors (Lipinski definition) is 1. The Labute approximate surface area is 118 Å². The number of nitrogens with two attached hydrogens (primary N) is 1. The molecule has 0 aliphatic heterocycles. The molecule has 0 radical (unpaired) electrons. The Kier molecular flexibility index (Phi) is 4.02. The van der Waals surface area contributed by atoms with Gasteiger partial charge in [-0.05, 0) is 36.5 Å². The molecule has 1 aromatic rings. The highest BCUT2D eigenvalue weighted by Gasteiger charge is 2.39. The fourth-order valence-electron chi connectivity index (χ4n) is 2.78. The van der Waals surface area contributed by atoms with Gasteiger partial charge in [0.25, 0.3) is 0 Å². The SMILES string of the molecule is COc1cc(C(C)C)c(Br)cc1C1(CN)CCC1. The smallest absolute Gasteiger partial charge is 0.123 e. The Morgan fingerprint density at radius 2 is 2.06 bits per heavy atom. The van der Waals surface area contributed by atoms with Crippen molar-refractivity contribution in [2.24, 2.45) is 5.73 Å². The molecule has 0 atom stereocenters. The lowest BCUT2D eigenvalue weighted by molar-refractivity contribution is 0.243. The molecule has 0 saturated heterocycles. The van der Waals surface area contributed by atoms with E-state index in [0.29, 0.717) is 12.5 Å². The van der Waals surface area contributed by atoms with Crippen LogP contribution >= 0.6 is 15.9 Å². The highest BCUT2D eigenvalue weighted by molar-refractivity contribution is 9.10. The van der Waals surface area contributed by atoms with Gasteiger partial charge in [-0.3, -0.25) is 0 Å². The average Bonchev–Trinajstić information content (AvgIpc) is 2.28. The fraction of sp³-hybridized carbons (Fsp3) is 0.600. The molecule has 0 aromatic heterocycles. The summed E-state index contributed by atoms with van der Waals surface area (Å²) < 4.78 is 6.77. The van der Waals surface area contributed by atoms with Crippen molar-refractivity contribution >= 4 is 15.9 Å². The number of ether oxygens (including phenoxy) is 1. The molecular formula is C15H22BrNO. The van der Waals surface area contributed by atoms with Gasteiger partial charge in [-0.1, -0.05) is 36.2 Å². The Morgan fingerprint density at radius 3 is 2.44 bits per heavy atom. The standard InChI is InChI=1S/C15H22BrNO/c1-10(2)11-7-14(18-3)12(8-13(11)16)15(9-17)5-4-6-15/h7-8,10H,4-6,9,17H2,1-3H3. The molecule has 2 rings (SSSR count). The molecule has 2 nitrogen and oxygen atoms in total. The van der Waals surface area contributed by atoms with Crippen molar-refractivity contribution in [3.05, 3.63) is 27.7 Å². The van der Waals surface area contributed by atoms with Crippen LogP contribution in [0.3, 0.4) is 0 Å². The monoisotopic (exact) mass is 311 g/mol. The Morgan fingerprint density at radius 1 is 1.39 bits per heavy atom. The maximum absolute atomic E-state index is 6.00. The van der Waals surface area contributed by atoms with Crippen molar-refractivity contribution < 1.29 is 4.74 Å². The van der Waals surface area contributed by atoms with Gasteiger partial charge in [0.15, 0.2) is 0 Å². The molecule has 1 fully saturated rings. The van der Waals surface area contributed by atoms with E-state index in [1.165, 1.54) is 34.9 Å². The summed E-state index contributed by atoms with van der Waals surface area (Å²) in [6.45, 7) is 5.10. The van der Waals surface area contributed by atoms with Crippen molar-refractivity contribution in [2.75, 3.05) is 13.7 Å². The zero-order chi connectivity index (χ0) is 13.3. The molecule has 1 aromatic carbocycles. The summed E-state index contributed by atoms with van der Waals surface area (Å²) in [5.41, 5.74) is 8.71. The predicted molar refractivity (Wildman–Crippen MR) is 79.4 cm³/mol. The zero-order valence-corrected chi connectivity index (χ0v) is 13.0. The molecule has 0 spiro atoms. The normalized spacial score (nSPS) is 17.7. The summed E-state index contributed by atoms with van der Waals surface area (Å²) >= 11 is 3.69. The van der Waals surface area contributed by atoms with Gasteiger partial charge < -0.3 is 10.5 Å². The van der Waals surface area contributed by atoms with Crippen molar-refractivity contribution in [3.63, 3.8) is 0 Å². The first-order chi connectivity index (χ1) is 8.54. The maximum atomic E-state index is 6.00. The van der Waals surface area contributed by atoms with E-state index >= 15 is 0 Å². The number of hydrogen-bond acceptors (Lipinski definition) is 2. The lowest BCUT2D eigenvalue weighted by Crippen LogP contribution is -2.41. The summed E-state index contributed by atoms with van der Waals surface area (Å²) in [5.74, 6) is 1.48. The summed E-state index contributed by atoms with van der Waals surface area (Å²) in [4.78, 5) is 0. The first kappa shape index (κ1) is 13.9. The number of rotatable bonds is 4. The van der Waals surface area contributed by atoms with Gasteiger partial charge in [0.2, 0.25) is 0 Å². The Bertz CT molecular complexity index is 433. The number of methoxy groups -OCH3 is 1. The van der Waals surface area contributed by atoms with E-state index in [4.69, 9.17) is 10.5 Å². The van der Waals surface area contributed by atoms with Gasteiger partial charge in [0.05, 0.1) is 7.11 Å². The molecule has 3 heteroatoms. The van der Waals surface area contributed by atoms with Crippen LogP contribution < -0.4 is 10.5 Å². The van der Waals surface area contributed by atoms with Gasteiger partial charge in [0.1, 0.15) is 5.75 Å². The van der Waals surface area contributed by atoms with Gasteiger partial charge in [-0.15, -0.1) is 0 Å². The minimum absolute atomic E-state index is 0.142. The lowest BCUT2D eigenvalue weighted by atomic mass is 9.64. The summed E-state index contributed by atoms with van der Waals surface area (Å²) in [5, 5.41) is 0. The predicted octanol–water partition coefficient (Wildman–Crippen LogP) is 3.96. The second-order valence-electron chi connectivity index (χ2n) is 5.57. The van der Waals surface area contributed by atoms with Crippen LogP contribution in [-0.2, 0) is 5.41 Å². The van der Waals surface area contributed by atoms with Crippen molar-refractivity contribution in [1.29, 1.82) is 0 Å². The third kappa shape index (κ3) is 2.19. The van der Waals surface area contributed by atoms with Gasteiger partial charge in [0, 0.05) is 22.0 Å². The molecule has 0 amide bonds. The average molecular weight is 312 g/mol. The molecule has 1 aliphatic rings. The van der Waals surface area contributed by atoms with E-state index in [9.17, 15) is 0 Å². The van der Waals surface area contributed by atoms with Crippen molar-refractivity contribution in [1.82, 2.24) is 0 Å². The fourth-order valence-corrected chi connectivity index (χ4v) is 3.58. The zero-order valence-electron chi connectivity index (χ0n) is 11.4. The topological polar surface area (TPSA) is 35.2 Å². The highest BCUT2D eigenvalue weighted by Crippen LogP contribution is 2.48.